The lowest BCUT2D eigenvalue weighted by Gasteiger charge is -2.15. The fourth-order valence-corrected chi connectivity index (χ4v) is 2.51. The van der Waals surface area contributed by atoms with Gasteiger partial charge in [0.05, 0.1) is 9.92 Å². The molecule has 0 bridgehead atoms. The summed E-state index contributed by atoms with van der Waals surface area (Å²) in [7, 11) is -3.80. The van der Waals surface area contributed by atoms with Gasteiger partial charge < -0.3 is 10.1 Å². The van der Waals surface area contributed by atoms with Gasteiger partial charge in [0.15, 0.2) is 6.10 Å². The summed E-state index contributed by atoms with van der Waals surface area (Å²) >= 11 is 5.83. The SMILES string of the molecule is CC(Oc1ccc(F)cc1Cl)C(=O)Nc1ccc(S(N)(=O)=O)cc1. The Bertz CT molecular complexity index is 856. The van der Waals surface area contributed by atoms with Crippen LogP contribution < -0.4 is 15.2 Å². The van der Waals surface area contributed by atoms with Crippen molar-refractivity contribution < 1.29 is 22.3 Å². The molecule has 0 aliphatic rings. The van der Waals surface area contributed by atoms with Crippen molar-refractivity contribution in [2.24, 2.45) is 5.14 Å². The molecule has 0 aliphatic heterocycles. The Balaban J connectivity index is 2.03. The van der Waals surface area contributed by atoms with E-state index in [1.54, 1.807) is 0 Å². The van der Waals surface area contributed by atoms with Crippen molar-refractivity contribution in [3.8, 4) is 5.75 Å². The van der Waals surface area contributed by atoms with Gasteiger partial charge >= 0.3 is 0 Å². The Morgan fingerprint density at radius 2 is 1.88 bits per heavy atom. The van der Waals surface area contributed by atoms with Crippen LogP contribution in [0.3, 0.4) is 0 Å². The zero-order chi connectivity index (χ0) is 17.9. The van der Waals surface area contributed by atoms with Crippen molar-refractivity contribution in [2.75, 3.05) is 5.32 Å². The molecule has 3 N–H and O–H groups in total. The zero-order valence-corrected chi connectivity index (χ0v) is 14.1. The number of hydrogen-bond donors (Lipinski definition) is 2. The van der Waals surface area contributed by atoms with Crippen LogP contribution in [-0.4, -0.2) is 20.4 Å². The number of sulfonamides is 1. The lowest BCUT2D eigenvalue weighted by molar-refractivity contribution is -0.122. The number of benzene rings is 2. The van der Waals surface area contributed by atoms with Crippen LogP contribution >= 0.6 is 11.6 Å². The molecule has 24 heavy (non-hydrogen) atoms. The molecule has 2 aromatic carbocycles. The molecule has 0 aromatic heterocycles. The molecule has 6 nitrogen and oxygen atoms in total. The molecule has 0 heterocycles. The summed E-state index contributed by atoms with van der Waals surface area (Å²) < 4.78 is 40.7. The molecule has 0 spiro atoms. The van der Waals surface area contributed by atoms with Crippen LogP contribution in [0.15, 0.2) is 47.4 Å². The molecule has 0 fully saturated rings. The first kappa shape index (κ1) is 18.2. The fourth-order valence-electron chi connectivity index (χ4n) is 1.79. The van der Waals surface area contributed by atoms with Crippen molar-refractivity contribution in [1.29, 1.82) is 0 Å². The lowest BCUT2D eigenvalue weighted by Crippen LogP contribution is -2.30. The minimum atomic E-state index is -3.80. The first-order chi connectivity index (χ1) is 11.2. The molecule has 0 saturated carbocycles. The van der Waals surface area contributed by atoms with E-state index in [2.05, 4.69) is 5.32 Å². The average molecular weight is 373 g/mol. The molecule has 0 aliphatic carbocycles. The van der Waals surface area contributed by atoms with Crippen LogP contribution in [0.5, 0.6) is 5.75 Å². The minimum absolute atomic E-state index is 0.0483. The highest BCUT2D eigenvalue weighted by Gasteiger charge is 2.17. The number of ether oxygens (including phenoxy) is 1. The lowest BCUT2D eigenvalue weighted by atomic mass is 10.3. The van der Waals surface area contributed by atoms with Crippen molar-refractivity contribution >= 4 is 33.2 Å². The summed E-state index contributed by atoms with van der Waals surface area (Å²) in [6, 6.07) is 8.90. The molecule has 0 radical (unpaired) electrons. The number of primary sulfonamides is 1. The number of nitrogens with two attached hydrogens (primary N) is 1. The molecule has 1 unspecified atom stereocenters. The van der Waals surface area contributed by atoms with E-state index in [4.69, 9.17) is 21.5 Å². The number of carbonyl (C=O) groups excluding carboxylic acids is 1. The van der Waals surface area contributed by atoms with E-state index in [0.717, 1.165) is 12.1 Å². The largest absolute Gasteiger partial charge is 0.479 e. The molecule has 1 amide bonds. The molecule has 9 heteroatoms. The number of carbonyl (C=O) groups is 1. The summed E-state index contributed by atoms with van der Waals surface area (Å²) in [5.74, 6) is -0.830. The molecule has 2 rings (SSSR count). The van der Waals surface area contributed by atoms with Crippen LogP contribution in [0.4, 0.5) is 10.1 Å². The summed E-state index contributed by atoms with van der Waals surface area (Å²) in [4.78, 5) is 12.0. The van der Waals surface area contributed by atoms with Gasteiger partial charge in [-0.05, 0) is 49.4 Å². The minimum Gasteiger partial charge on any atom is -0.479 e. The van der Waals surface area contributed by atoms with Gasteiger partial charge in [-0.25, -0.2) is 17.9 Å². The van der Waals surface area contributed by atoms with E-state index in [9.17, 15) is 17.6 Å². The van der Waals surface area contributed by atoms with E-state index in [1.165, 1.54) is 37.3 Å². The summed E-state index contributed by atoms with van der Waals surface area (Å²) in [5, 5.41) is 7.60. The summed E-state index contributed by atoms with van der Waals surface area (Å²) in [6.45, 7) is 1.49. The summed E-state index contributed by atoms with van der Waals surface area (Å²) in [5.41, 5.74) is 0.369. The quantitative estimate of drug-likeness (QED) is 0.842. The second kappa shape index (κ2) is 7.16. The Morgan fingerprint density at radius 3 is 2.42 bits per heavy atom. The first-order valence-electron chi connectivity index (χ1n) is 6.72. The van der Waals surface area contributed by atoms with Crippen molar-refractivity contribution in [3.05, 3.63) is 53.3 Å². The zero-order valence-electron chi connectivity index (χ0n) is 12.5. The number of anilines is 1. The standard InChI is InChI=1S/C15H14ClFN2O4S/c1-9(23-14-7-2-10(17)8-13(14)16)15(20)19-11-3-5-12(6-4-11)24(18,21)22/h2-9H,1H3,(H,19,20)(H2,18,21,22). The van der Waals surface area contributed by atoms with Crippen LogP contribution in [0.1, 0.15) is 6.92 Å². The Kier molecular flexibility index (Phi) is 5.43. The number of halogens is 2. The third-order valence-electron chi connectivity index (χ3n) is 3.02. The van der Waals surface area contributed by atoms with Gasteiger partial charge in [0.25, 0.3) is 5.91 Å². The smallest absolute Gasteiger partial charge is 0.265 e. The fraction of sp³-hybridized carbons (Fsp3) is 0.133. The normalized spacial score (nSPS) is 12.5. The maximum Gasteiger partial charge on any atom is 0.265 e. The average Bonchev–Trinajstić information content (AvgIpc) is 2.49. The second-order valence-corrected chi connectivity index (χ2v) is 6.86. The van der Waals surface area contributed by atoms with E-state index in [-0.39, 0.29) is 15.7 Å². The van der Waals surface area contributed by atoms with Gasteiger partial charge in [-0.15, -0.1) is 0 Å². The Morgan fingerprint density at radius 1 is 1.25 bits per heavy atom. The van der Waals surface area contributed by atoms with Gasteiger partial charge in [0, 0.05) is 5.69 Å². The third kappa shape index (κ3) is 4.67. The van der Waals surface area contributed by atoms with Crippen molar-refractivity contribution in [1.82, 2.24) is 0 Å². The van der Waals surface area contributed by atoms with E-state index in [1.807, 2.05) is 0 Å². The van der Waals surface area contributed by atoms with Gasteiger partial charge in [-0.3, -0.25) is 4.79 Å². The molecule has 128 valence electrons. The third-order valence-corrected chi connectivity index (χ3v) is 4.24. The molecule has 1 atom stereocenters. The van der Waals surface area contributed by atoms with E-state index < -0.39 is 27.9 Å². The Hall–Kier alpha value is -2.16. The van der Waals surface area contributed by atoms with Crippen LogP contribution in [-0.2, 0) is 14.8 Å². The monoisotopic (exact) mass is 372 g/mol. The highest BCUT2D eigenvalue weighted by Crippen LogP contribution is 2.26. The van der Waals surface area contributed by atoms with Crippen LogP contribution in [0.2, 0.25) is 5.02 Å². The molecular weight excluding hydrogens is 359 g/mol. The number of amides is 1. The van der Waals surface area contributed by atoms with E-state index in [0.29, 0.717) is 5.69 Å². The van der Waals surface area contributed by atoms with Crippen LogP contribution in [0.25, 0.3) is 0 Å². The molecule has 2 aromatic rings. The number of nitrogens with one attached hydrogen (secondary N) is 1. The Labute approximate surface area is 143 Å². The first-order valence-corrected chi connectivity index (χ1v) is 8.64. The maximum atomic E-state index is 13.0. The van der Waals surface area contributed by atoms with Gasteiger partial charge in [0.1, 0.15) is 11.6 Å². The molecule has 0 saturated heterocycles. The van der Waals surface area contributed by atoms with Crippen LogP contribution in [0, 0.1) is 5.82 Å². The predicted octanol–water partition coefficient (Wildman–Crippen LogP) is 2.53. The second-order valence-electron chi connectivity index (χ2n) is 4.89. The van der Waals surface area contributed by atoms with E-state index >= 15 is 0 Å². The van der Waals surface area contributed by atoms with Crippen molar-refractivity contribution in [3.63, 3.8) is 0 Å². The summed E-state index contributed by atoms with van der Waals surface area (Å²) in [6.07, 6.45) is -0.911. The van der Waals surface area contributed by atoms with Gasteiger partial charge in [-0.1, -0.05) is 11.6 Å². The number of rotatable bonds is 5. The van der Waals surface area contributed by atoms with Gasteiger partial charge in [0.2, 0.25) is 10.0 Å². The number of hydrogen-bond acceptors (Lipinski definition) is 4. The van der Waals surface area contributed by atoms with Crippen molar-refractivity contribution in [2.45, 2.75) is 17.9 Å². The highest BCUT2D eigenvalue weighted by molar-refractivity contribution is 7.89. The predicted molar refractivity (Wildman–Crippen MR) is 87.9 cm³/mol. The maximum absolute atomic E-state index is 13.0. The molecular formula is C15H14ClFN2O4S. The van der Waals surface area contributed by atoms with Gasteiger partial charge in [-0.2, -0.15) is 0 Å². The topological polar surface area (TPSA) is 98.5 Å². The highest BCUT2D eigenvalue weighted by atomic mass is 35.5.